The summed E-state index contributed by atoms with van der Waals surface area (Å²) in [6.07, 6.45) is 0. The lowest BCUT2D eigenvalue weighted by Crippen LogP contribution is -2.26. The van der Waals surface area contributed by atoms with Crippen molar-refractivity contribution in [3.8, 4) is 0 Å². The lowest BCUT2D eigenvalue weighted by molar-refractivity contribution is -0.119. The van der Waals surface area contributed by atoms with Crippen LogP contribution in [0.3, 0.4) is 0 Å². The van der Waals surface area contributed by atoms with Crippen LogP contribution in [0.25, 0.3) is 0 Å². The summed E-state index contributed by atoms with van der Waals surface area (Å²) in [5.74, 6) is 4.35. The van der Waals surface area contributed by atoms with Crippen LogP contribution in [0.1, 0.15) is 6.92 Å². The zero-order valence-corrected chi connectivity index (χ0v) is 7.88. The number of carbonyl (C=O) groups is 1. The quantitative estimate of drug-likeness (QED) is 0.358. The number of amides is 1. The number of hydrogen-bond donors (Lipinski definition) is 2. The van der Waals surface area contributed by atoms with Gasteiger partial charge in [0.05, 0.1) is 0 Å². The molecule has 7 heteroatoms. The van der Waals surface area contributed by atoms with Gasteiger partial charge in [0.25, 0.3) is 0 Å². The fraction of sp³-hybridized carbons (Fsp3) is 0.500. The van der Waals surface area contributed by atoms with Crippen molar-refractivity contribution in [1.82, 2.24) is 5.43 Å². The van der Waals surface area contributed by atoms with E-state index >= 15 is 0 Å². The minimum atomic E-state index is -0.218. The highest BCUT2D eigenvalue weighted by Crippen LogP contribution is 1.41. The molecule has 0 radical (unpaired) electrons. The summed E-state index contributed by atoms with van der Waals surface area (Å²) in [6, 6.07) is 0. The first-order valence-electron chi connectivity index (χ1n) is 1.24. The van der Waals surface area contributed by atoms with Crippen LogP contribution in [-0.2, 0) is 4.79 Å². The molecule has 0 rings (SSSR count). The van der Waals surface area contributed by atoms with Crippen LogP contribution in [0.2, 0.25) is 0 Å². The van der Waals surface area contributed by atoms with Crippen LogP contribution in [-0.4, -0.2) is 5.91 Å². The van der Waals surface area contributed by atoms with Gasteiger partial charge < -0.3 is 0 Å². The van der Waals surface area contributed by atoms with Crippen LogP contribution >= 0.6 is 49.6 Å². The fourth-order valence-electron chi connectivity index (χ4n) is 0. The molecule has 1 amide bonds. The molecule has 0 bridgehead atoms. The molecule has 0 unspecified atom stereocenters. The molecule has 0 aromatic rings. The van der Waals surface area contributed by atoms with Gasteiger partial charge in [0.1, 0.15) is 0 Å². The van der Waals surface area contributed by atoms with Crippen molar-refractivity contribution in [2.24, 2.45) is 5.84 Å². The Morgan fingerprint density at radius 3 is 1.33 bits per heavy atom. The third-order valence-electron chi connectivity index (χ3n) is 0.203. The van der Waals surface area contributed by atoms with Gasteiger partial charge in [-0.2, -0.15) is 0 Å². The van der Waals surface area contributed by atoms with Crippen LogP contribution < -0.4 is 11.3 Å². The molecule has 9 heavy (non-hydrogen) atoms. The van der Waals surface area contributed by atoms with Gasteiger partial charge in [-0.05, 0) is 0 Å². The Labute approximate surface area is 78.7 Å². The number of nitrogens with two attached hydrogens (primary N) is 1. The number of rotatable bonds is 0. The molecule has 0 aliphatic rings. The van der Waals surface area contributed by atoms with E-state index in [9.17, 15) is 4.79 Å². The number of hydrogen-bond acceptors (Lipinski definition) is 2. The molecule has 0 aromatic heterocycles. The minimum Gasteiger partial charge on any atom is -0.295 e. The van der Waals surface area contributed by atoms with Gasteiger partial charge in [-0.1, -0.05) is 0 Å². The zero-order chi connectivity index (χ0) is 4.28. The van der Waals surface area contributed by atoms with Crippen molar-refractivity contribution in [2.45, 2.75) is 6.92 Å². The summed E-state index contributed by atoms with van der Waals surface area (Å²) in [5.41, 5.74) is 1.89. The molecule has 3 nitrogen and oxygen atoms in total. The highest BCUT2D eigenvalue weighted by atomic mass is 35.5. The highest BCUT2D eigenvalue weighted by molar-refractivity contribution is 5.86. The SMILES string of the molecule is CC(=O)NN.Cl.Cl.Cl.Cl. The summed E-state index contributed by atoms with van der Waals surface area (Å²) in [6.45, 7) is 1.35. The first-order valence-corrected chi connectivity index (χ1v) is 1.24. The van der Waals surface area contributed by atoms with Gasteiger partial charge in [-0.15, -0.1) is 49.6 Å². The van der Waals surface area contributed by atoms with Crippen molar-refractivity contribution in [1.29, 1.82) is 0 Å². The lowest BCUT2D eigenvalue weighted by Gasteiger charge is -1.80. The topological polar surface area (TPSA) is 55.1 Å². The second kappa shape index (κ2) is 23.5. The molecule has 0 aromatic carbocycles. The van der Waals surface area contributed by atoms with Crippen molar-refractivity contribution >= 4 is 55.5 Å². The molecule has 0 saturated heterocycles. The summed E-state index contributed by atoms with van der Waals surface area (Å²) < 4.78 is 0. The second-order valence-electron chi connectivity index (χ2n) is 0.701. The smallest absolute Gasteiger partial charge is 0.230 e. The first-order chi connectivity index (χ1) is 2.27. The molecule has 62 valence electrons. The van der Waals surface area contributed by atoms with Gasteiger partial charge in [0, 0.05) is 6.92 Å². The van der Waals surface area contributed by atoms with Crippen LogP contribution in [0, 0.1) is 0 Å². The molecule has 0 atom stereocenters. The number of nitrogens with one attached hydrogen (secondary N) is 1. The summed E-state index contributed by atoms with van der Waals surface area (Å²) in [7, 11) is 0. The monoisotopic (exact) mass is 218 g/mol. The largest absolute Gasteiger partial charge is 0.295 e. The first kappa shape index (κ1) is 33.6. The number of carbonyl (C=O) groups excluding carboxylic acids is 1. The molecular weight excluding hydrogens is 210 g/mol. The van der Waals surface area contributed by atoms with E-state index in [2.05, 4.69) is 5.84 Å². The maximum absolute atomic E-state index is 9.58. The Balaban J connectivity index is -0.0000000133. The minimum absolute atomic E-state index is 0. The Morgan fingerprint density at radius 1 is 1.22 bits per heavy atom. The van der Waals surface area contributed by atoms with Gasteiger partial charge in [-0.3, -0.25) is 10.2 Å². The van der Waals surface area contributed by atoms with Crippen LogP contribution in [0.5, 0.6) is 0 Å². The van der Waals surface area contributed by atoms with Crippen molar-refractivity contribution in [3.05, 3.63) is 0 Å². The molecule has 0 saturated carbocycles. The van der Waals surface area contributed by atoms with Crippen molar-refractivity contribution in [2.75, 3.05) is 0 Å². The van der Waals surface area contributed by atoms with Crippen LogP contribution in [0.4, 0.5) is 0 Å². The summed E-state index contributed by atoms with van der Waals surface area (Å²) in [4.78, 5) is 9.58. The summed E-state index contributed by atoms with van der Waals surface area (Å²) >= 11 is 0. The van der Waals surface area contributed by atoms with Gasteiger partial charge in [0.2, 0.25) is 5.91 Å². The van der Waals surface area contributed by atoms with Crippen LogP contribution in [0.15, 0.2) is 0 Å². The van der Waals surface area contributed by atoms with E-state index in [1.165, 1.54) is 6.92 Å². The van der Waals surface area contributed by atoms with E-state index < -0.39 is 0 Å². The van der Waals surface area contributed by atoms with E-state index in [0.29, 0.717) is 0 Å². The molecule has 0 spiro atoms. The third-order valence-corrected chi connectivity index (χ3v) is 0.203. The average molecular weight is 220 g/mol. The molecule has 3 N–H and O–H groups in total. The Morgan fingerprint density at radius 2 is 1.33 bits per heavy atom. The van der Waals surface area contributed by atoms with E-state index in [1.807, 2.05) is 5.43 Å². The molecule has 0 fully saturated rings. The maximum atomic E-state index is 9.58. The lowest BCUT2D eigenvalue weighted by atomic mass is 10.8. The Hall–Kier alpha value is 0.590. The van der Waals surface area contributed by atoms with Crippen molar-refractivity contribution < 1.29 is 4.79 Å². The standard InChI is InChI=1S/C2H6N2O.4ClH/c1-2(5)4-3;;;;/h3H2,1H3,(H,4,5);4*1H. The Kier molecular flexibility index (Phi) is 87.7. The summed E-state index contributed by atoms with van der Waals surface area (Å²) in [5, 5.41) is 0. The molecule has 0 heterocycles. The van der Waals surface area contributed by atoms with E-state index in [0.717, 1.165) is 0 Å². The number of hydrazine groups is 1. The van der Waals surface area contributed by atoms with Crippen molar-refractivity contribution in [3.63, 3.8) is 0 Å². The predicted octanol–water partition coefficient (Wildman–Crippen LogP) is 0.683. The molecule has 0 aliphatic heterocycles. The zero-order valence-electron chi connectivity index (χ0n) is 4.62. The highest BCUT2D eigenvalue weighted by Gasteiger charge is 1.73. The van der Waals surface area contributed by atoms with Gasteiger partial charge >= 0.3 is 0 Å². The average Bonchev–Trinajstić information content (AvgIpc) is 1.38. The second-order valence-corrected chi connectivity index (χ2v) is 0.701. The number of halogens is 4. The van der Waals surface area contributed by atoms with E-state index in [4.69, 9.17) is 0 Å². The molecule has 0 aliphatic carbocycles. The van der Waals surface area contributed by atoms with E-state index in [-0.39, 0.29) is 55.5 Å². The fourth-order valence-corrected chi connectivity index (χ4v) is 0. The predicted molar refractivity (Wildman–Crippen MR) is 47.0 cm³/mol. The molecular formula is C2H10Cl4N2O. The maximum Gasteiger partial charge on any atom is 0.230 e. The van der Waals surface area contributed by atoms with E-state index in [1.54, 1.807) is 0 Å². The van der Waals surface area contributed by atoms with Gasteiger partial charge in [0.15, 0.2) is 0 Å². The third kappa shape index (κ3) is 55.6. The normalized spacial score (nSPS) is 3.78. The van der Waals surface area contributed by atoms with Gasteiger partial charge in [-0.25, -0.2) is 5.84 Å². The Bertz CT molecular complexity index is 51.8.